The average molecular weight is 427 g/mol. The van der Waals surface area contributed by atoms with Gasteiger partial charge in [0.05, 0.1) is 24.3 Å². The first kappa shape index (κ1) is 22.0. The summed E-state index contributed by atoms with van der Waals surface area (Å²) in [5, 5.41) is 3.96. The van der Waals surface area contributed by atoms with Gasteiger partial charge < -0.3 is 18.9 Å². The lowest BCUT2D eigenvalue weighted by atomic mass is 9.78. The molecule has 4 rings (SSSR count). The van der Waals surface area contributed by atoms with Gasteiger partial charge in [-0.25, -0.2) is 0 Å². The van der Waals surface area contributed by atoms with Crippen LogP contribution in [-0.4, -0.2) is 47.9 Å². The van der Waals surface area contributed by atoms with Crippen LogP contribution in [0.5, 0.6) is 0 Å². The fraction of sp³-hybridized carbons (Fsp3) is 0.600. The molecule has 3 heterocycles. The van der Waals surface area contributed by atoms with Gasteiger partial charge in [-0.3, -0.25) is 4.79 Å². The Labute approximate surface area is 184 Å². The van der Waals surface area contributed by atoms with Crippen LogP contribution >= 0.6 is 0 Å². The number of benzene rings is 1. The molecule has 2 aliphatic heterocycles. The Hall–Kier alpha value is -2.18. The summed E-state index contributed by atoms with van der Waals surface area (Å²) in [6, 6.07) is 10.3. The molecule has 2 aliphatic rings. The molecule has 1 spiro atoms. The fourth-order valence-corrected chi connectivity index (χ4v) is 4.92. The van der Waals surface area contributed by atoms with E-state index in [4.69, 9.17) is 14.0 Å². The number of hydrogen-bond acceptors (Lipinski definition) is 5. The zero-order valence-corrected chi connectivity index (χ0v) is 18.8. The Morgan fingerprint density at radius 1 is 1.23 bits per heavy atom. The van der Waals surface area contributed by atoms with E-state index in [9.17, 15) is 4.79 Å². The Bertz CT molecular complexity index is 836. The Morgan fingerprint density at radius 3 is 2.71 bits per heavy atom. The molecular weight excluding hydrogens is 392 g/mol. The molecule has 1 unspecified atom stereocenters. The van der Waals surface area contributed by atoms with Crippen LogP contribution in [0.3, 0.4) is 0 Å². The van der Waals surface area contributed by atoms with Crippen LogP contribution in [0.15, 0.2) is 34.9 Å². The summed E-state index contributed by atoms with van der Waals surface area (Å²) in [6.07, 6.45) is 5.46. The second kappa shape index (κ2) is 9.96. The summed E-state index contributed by atoms with van der Waals surface area (Å²) in [4.78, 5) is 14.8. The number of carbonyl (C=O) groups is 1. The summed E-state index contributed by atoms with van der Waals surface area (Å²) < 4.78 is 17.4. The summed E-state index contributed by atoms with van der Waals surface area (Å²) in [6.45, 7) is 7.57. The van der Waals surface area contributed by atoms with Crippen molar-refractivity contribution in [1.82, 2.24) is 10.1 Å². The highest BCUT2D eigenvalue weighted by Gasteiger charge is 2.41. The zero-order chi connectivity index (χ0) is 21.7. The van der Waals surface area contributed by atoms with Gasteiger partial charge in [-0.15, -0.1) is 0 Å². The van der Waals surface area contributed by atoms with Gasteiger partial charge in [-0.2, -0.15) is 0 Å². The van der Waals surface area contributed by atoms with Crippen molar-refractivity contribution < 1.29 is 18.8 Å². The quantitative estimate of drug-likeness (QED) is 0.620. The molecule has 1 aromatic carbocycles. The molecular formula is C25H34N2O4. The van der Waals surface area contributed by atoms with Gasteiger partial charge in [-0.1, -0.05) is 35.5 Å². The molecule has 0 radical (unpaired) electrons. The molecule has 0 bridgehead atoms. The van der Waals surface area contributed by atoms with Gasteiger partial charge >= 0.3 is 0 Å². The third-order valence-corrected chi connectivity index (χ3v) is 6.91. The van der Waals surface area contributed by atoms with Crippen molar-refractivity contribution >= 4 is 5.91 Å². The lowest BCUT2D eigenvalue weighted by Crippen LogP contribution is -2.51. The fourth-order valence-electron chi connectivity index (χ4n) is 4.92. The van der Waals surface area contributed by atoms with E-state index in [0.29, 0.717) is 18.9 Å². The first-order valence-corrected chi connectivity index (χ1v) is 11.5. The minimum Gasteiger partial charge on any atom is -0.377 e. The highest BCUT2D eigenvalue weighted by molar-refractivity contribution is 5.79. The minimum absolute atomic E-state index is 0.0673. The van der Waals surface area contributed by atoms with Crippen LogP contribution in [0.4, 0.5) is 0 Å². The van der Waals surface area contributed by atoms with Crippen LogP contribution < -0.4 is 0 Å². The Kier molecular flexibility index (Phi) is 7.08. The average Bonchev–Trinajstić information content (AvgIpc) is 3.10. The third kappa shape index (κ3) is 5.55. The minimum atomic E-state index is -0.0673. The van der Waals surface area contributed by atoms with Crippen molar-refractivity contribution in [2.24, 2.45) is 5.92 Å². The topological polar surface area (TPSA) is 64.8 Å². The monoisotopic (exact) mass is 426 g/mol. The normalized spacial score (nSPS) is 20.8. The lowest BCUT2D eigenvalue weighted by Gasteiger charge is -2.46. The number of ether oxygens (including phenoxy) is 2. The summed E-state index contributed by atoms with van der Waals surface area (Å²) >= 11 is 0. The molecule has 1 amide bonds. The van der Waals surface area contributed by atoms with E-state index in [1.807, 2.05) is 36.9 Å². The molecule has 168 valence electrons. The summed E-state index contributed by atoms with van der Waals surface area (Å²) in [5.74, 6) is 1.53. The highest BCUT2D eigenvalue weighted by Crippen LogP contribution is 2.39. The van der Waals surface area contributed by atoms with Gasteiger partial charge in [0.15, 0.2) is 0 Å². The molecule has 6 heteroatoms. The highest BCUT2D eigenvalue weighted by atomic mass is 16.5. The number of aromatic nitrogens is 1. The van der Waals surface area contributed by atoms with Crippen molar-refractivity contribution in [2.75, 3.05) is 26.3 Å². The Morgan fingerprint density at radius 2 is 2.00 bits per heavy atom. The van der Waals surface area contributed by atoms with Crippen LogP contribution in [0, 0.1) is 19.8 Å². The molecule has 6 nitrogen and oxygen atoms in total. The van der Waals surface area contributed by atoms with E-state index >= 15 is 0 Å². The number of hydrogen-bond donors (Lipinski definition) is 0. The third-order valence-electron chi connectivity index (χ3n) is 6.91. The van der Waals surface area contributed by atoms with E-state index in [1.165, 1.54) is 5.56 Å². The van der Waals surface area contributed by atoms with Gasteiger partial charge in [0.2, 0.25) is 5.91 Å². The first-order valence-electron chi connectivity index (χ1n) is 11.5. The van der Waals surface area contributed by atoms with Crippen molar-refractivity contribution in [3.8, 4) is 0 Å². The first-order chi connectivity index (χ1) is 15.0. The molecule has 1 aromatic heterocycles. The zero-order valence-electron chi connectivity index (χ0n) is 18.8. The predicted octanol–water partition coefficient (Wildman–Crippen LogP) is 4.23. The molecule has 0 N–H and O–H groups in total. The maximum Gasteiger partial charge on any atom is 0.227 e. The van der Waals surface area contributed by atoms with Gasteiger partial charge in [0, 0.05) is 31.9 Å². The number of likely N-dealkylation sites (tertiary alicyclic amines) is 1. The van der Waals surface area contributed by atoms with E-state index in [-0.39, 0.29) is 11.5 Å². The van der Waals surface area contributed by atoms with E-state index < -0.39 is 0 Å². The molecule has 2 fully saturated rings. The predicted molar refractivity (Wildman–Crippen MR) is 118 cm³/mol. The summed E-state index contributed by atoms with van der Waals surface area (Å²) in [7, 11) is 0. The number of carbonyl (C=O) groups excluding carboxylic acids is 1. The number of aryl methyl sites for hydroxylation is 2. The van der Waals surface area contributed by atoms with E-state index in [0.717, 1.165) is 75.4 Å². The maximum atomic E-state index is 12.8. The van der Waals surface area contributed by atoms with Crippen LogP contribution in [0.25, 0.3) is 0 Å². The van der Waals surface area contributed by atoms with Crippen LogP contribution in [-0.2, 0) is 27.3 Å². The van der Waals surface area contributed by atoms with E-state index in [1.54, 1.807) is 0 Å². The van der Waals surface area contributed by atoms with Gasteiger partial charge in [0.1, 0.15) is 5.76 Å². The second-order valence-corrected chi connectivity index (χ2v) is 9.08. The molecule has 1 atom stereocenters. The molecule has 0 aliphatic carbocycles. The van der Waals surface area contributed by atoms with Crippen LogP contribution in [0.2, 0.25) is 0 Å². The number of rotatable bonds is 7. The molecule has 2 aromatic rings. The standard InChI is InChI=1S/C25H34N2O4/c1-19-23(20(2)31-26-19)16-24(28)27-12-10-25(11-13-27)17-21(9-15-30-25)8-14-29-18-22-6-4-3-5-7-22/h3-7,21H,8-18H2,1-2H3. The largest absolute Gasteiger partial charge is 0.377 e. The SMILES string of the molecule is Cc1noc(C)c1CC(=O)N1CCC2(CC1)CC(CCOCc1ccccc1)CCO2. The van der Waals surface area contributed by atoms with Crippen molar-refractivity contribution in [1.29, 1.82) is 0 Å². The van der Waals surface area contributed by atoms with E-state index in [2.05, 4.69) is 17.3 Å². The van der Waals surface area contributed by atoms with Crippen molar-refractivity contribution in [3.05, 3.63) is 52.9 Å². The summed E-state index contributed by atoms with van der Waals surface area (Å²) in [5.41, 5.74) is 2.89. The van der Waals surface area contributed by atoms with Gasteiger partial charge in [-0.05, 0) is 57.4 Å². The molecule has 0 saturated carbocycles. The number of piperidine rings is 1. The number of amides is 1. The Balaban J connectivity index is 1.22. The number of nitrogens with zero attached hydrogens (tertiary/aromatic N) is 2. The van der Waals surface area contributed by atoms with Crippen molar-refractivity contribution in [3.63, 3.8) is 0 Å². The molecule has 2 saturated heterocycles. The lowest BCUT2D eigenvalue weighted by molar-refractivity contribution is -0.147. The van der Waals surface area contributed by atoms with Gasteiger partial charge in [0.25, 0.3) is 0 Å². The smallest absolute Gasteiger partial charge is 0.227 e. The van der Waals surface area contributed by atoms with Crippen LogP contribution in [0.1, 0.15) is 54.7 Å². The molecule has 31 heavy (non-hydrogen) atoms. The second-order valence-electron chi connectivity index (χ2n) is 9.08. The maximum absolute atomic E-state index is 12.8. The van der Waals surface area contributed by atoms with Crippen molar-refractivity contribution in [2.45, 2.75) is 64.6 Å².